The van der Waals surface area contributed by atoms with Crippen LogP contribution in [0.4, 0.5) is 0 Å². The van der Waals surface area contributed by atoms with Crippen molar-refractivity contribution < 1.29 is 15.1 Å². The Morgan fingerprint density at radius 3 is 2.52 bits per heavy atom. The van der Waals surface area contributed by atoms with E-state index in [-0.39, 0.29) is 12.4 Å². The Balaban J connectivity index is 1.99. The van der Waals surface area contributed by atoms with Gasteiger partial charge in [0, 0.05) is 12.2 Å². The van der Waals surface area contributed by atoms with E-state index in [0.29, 0.717) is 18.6 Å². The van der Waals surface area contributed by atoms with Gasteiger partial charge in [-0.15, -0.1) is 0 Å². The van der Waals surface area contributed by atoms with E-state index < -0.39 is 0 Å². The van der Waals surface area contributed by atoms with Gasteiger partial charge >= 0.3 is 0 Å². The van der Waals surface area contributed by atoms with Gasteiger partial charge in [-0.25, -0.2) is 0 Å². The summed E-state index contributed by atoms with van der Waals surface area (Å²) in [5, 5.41) is 20.5. The second-order valence-electron chi connectivity index (χ2n) is 4.59. The molecule has 2 rings (SSSR count). The molecule has 0 aliphatic heterocycles. The van der Waals surface area contributed by atoms with Crippen molar-refractivity contribution in [3.63, 3.8) is 0 Å². The standard InChI is InChI=1S/C16H18N2O3/c17-16(18-20)14-3-1-2-13(10-14)11-21-15-6-4-12(5-7-15)8-9-19/h1-7,10,19-20H,8-9,11H2,(H2,17,18). The van der Waals surface area contributed by atoms with E-state index in [0.717, 1.165) is 16.9 Å². The van der Waals surface area contributed by atoms with Crippen molar-refractivity contribution in [1.82, 2.24) is 0 Å². The predicted octanol–water partition coefficient (Wildman–Crippen LogP) is 1.89. The van der Waals surface area contributed by atoms with Crippen LogP contribution < -0.4 is 10.5 Å². The highest BCUT2D eigenvalue weighted by atomic mass is 16.5. The van der Waals surface area contributed by atoms with Crippen molar-refractivity contribution in [2.75, 3.05) is 6.61 Å². The minimum absolute atomic E-state index is 0.0743. The van der Waals surface area contributed by atoms with Crippen LogP contribution in [0.5, 0.6) is 5.75 Å². The first-order chi connectivity index (χ1) is 10.2. The summed E-state index contributed by atoms with van der Waals surface area (Å²) in [7, 11) is 0. The summed E-state index contributed by atoms with van der Waals surface area (Å²) >= 11 is 0. The SMILES string of the molecule is N/C(=N/O)c1cccc(COc2ccc(CCO)cc2)c1. The highest BCUT2D eigenvalue weighted by molar-refractivity contribution is 5.97. The third-order valence-electron chi connectivity index (χ3n) is 3.06. The molecule has 0 aromatic heterocycles. The van der Waals surface area contributed by atoms with Gasteiger partial charge in [0.05, 0.1) is 0 Å². The molecule has 4 N–H and O–H groups in total. The number of aliphatic hydroxyl groups is 1. The number of ether oxygens (including phenoxy) is 1. The predicted molar refractivity (Wildman–Crippen MR) is 80.5 cm³/mol. The van der Waals surface area contributed by atoms with Gasteiger partial charge in [0.1, 0.15) is 12.4 Å². The summed E-state index contributed by atoms with van der Waals surface area (Å²) in [6, 6.07) is 14.9. The zero-order chi connectivity index (χ0) is 15.1. The molecule has 0 aliphatic rings. The van der Waals surface area contributed by atoms with Gasteiger partial charge in [0.25, 0.3) is 0 Å². The molecule has 0 aliphatic carbocycles. The van der Waals surface area contributed by atoms with Crippen molar-refractivity contribution in [2.24, 2.45) is 10.9 Å². The molecule has 0 amide bonds. The molecule has 0 saturated heterocycles. The molecule has 0 atom stereocenters. The van der Waals surface area contributed by atoms with E-state index >= 15 is 0 Å². The lowest BCUT2D eigenvalue weighted by molar-refractivity contribution is 0.298. The largest absolute Gasteiger partial charge is 0.489 e. The number of nitrogens with zero attached hydrogens (tertiary/aromatic N) is 1. The van der Waals surface area contributed by atoms with E-state index in [2.05, 4.69) is 5.16 Å². The number of nitrogens with two attached hydrogens (primary N) is 1. The average Bonchev–Trinajstić information content (AvgIpc) is 2.54. The zero-order valence-electron chi connectivity index (χ0n) is 11.6. The van der Waals surface area contributed by atoms with Crippen LogP contribution in [0.2, 0.25) is 0 Å². The number of oxime groups is 1. The lowest BCUT2D eigenvalue weighted by Crippen LogP contribution is -2.13. The second-order valence-corrected chi connectivity index (χ2v) is 4.59. The fraction of sp³-hybridized carbons (Fsp3) is 0.188. The maximum atomic E-state index is 8.86. The Kier molecular flexibility index (Phi) is 5.17. The van der Waals surface area contributed by atoms with Crippen LogP contribution >= 0.6 is 0 Å². The van der Waals surface area contributed by atoms with E-state index in [1.165, 1.54) is 0 Å². The molecule has 5 heteroatoms. The quantitative estimate of drug-likeness (QED) is 0.327. The van der Waals surface area contributed by atoms with Gasteiger partial charge in [0.2, 0.25) is 0 Å². The highest BCUT2D eigenvalue weighted by Crippen LogP contribution is 2.15. The first-order valence-electron chi connectivity index (χ1n) is 6.62. The van der Waals surface area contributed by atoms with E-state index in [9.17, 15) is 0 Å². The molecule has 0 saturated carbocycles. The van der Waals surface area contributed by atoms with E-state index in [1.54, 1.807) is 6.07 Å². The molecule has 110 valence electrons. The lowest BCUT2D eigenvalue weighted by Gasteiger charge is -2.08. The molecule has 21 heavy (non-hydrogen) atoms. The Morgan fingerprint density at radius 2 is 1.86 bits per heavy atom. The van der Waals surface area contributed by atoms with Crippen molar-refractivity contribution in [2.45, 2.75) is 13.0 Å². The molecule has 0 radical (unpaired) electrons. The monoisotopic (exact) mass is 286 g/mol. The fourth-order valence-electron chi connectivity index (χ4n) is 1.93. The molecule has 0 fully saturated rings. The van der Waals surface area contributed by atoms with Crippen molar-refractivity contribution in [3.05, 3.63) is 65.2 Å². The fourth-order valence-corrected chi connectivity index (χ4v) is 1.93. The minimum Gasteiger partial charge on any atom is -0.489 e. The van der Waals surface area contributed by atoms with E-state index in [1.807, 2.05) is 42.5 Å². The van der Waals surface area contributed by atoms with Crippen LogP contribution in [0.1, 0.15) is 16.7 Å². The summed E-state index contributed by atoms with van der Waals surface area (Å²) in [6.45, 7) is 0.534. The van der Waals surface area contributed by atoms with Crippen LogP contribution in [0.15, 0.2) is 53.7 Å². The topological polar surface area (TPSA) is 88.1 Å². The van der Waals surface area contributed by atoms with Gasteiger partial charge < -0.3 is 20.8 Å². The summed E-state index contributed by atoms with van der Waals surface area (Å²) in [5.74, 6) is 0.830. The normalized spacial score (nSPS) is 11.4. The van der Waals surface area contributed by atoms with Crippen LogP contribution in [0.3, 0.4) is 0 Å². The summed E-state index contributed by atoms with van der Waals surface area (Å²) in [4.78, 5) is 0. The first kappa shape index (κ1) is 14.9. The average molecular weight is 286 g/mol. The van der Waals surface area contributed by atoms with Gasteiger partial charge in [-0.05, 0) is 35.7 Å². The maximum Gasteiger partial charge on any atom is 0.170 e. The first-order valence-corrected chi connectivity index (χ1v) is 6.62. The van der Waals surface area contributed by atoms with E-state index in [4.69, 9.17) is 20.8 Å². The number of rotatable bonds is 6. The third-order valence-corrected chi connectivity index (χ3v) is 3.06. The van der Waals surface area contributed by atoms with Crippen LogP contribution in [0, 0.1) is 0 Å². The molecule has 0 bridgehead atoms. The summed E-state index contributed by atoms with van der Waals surface area (Å²) in [5.41, 5.74) is 8.20. The van der Waals surface area contributed by atoms with Gasteiger partial charge in [-0.3, -0.25) is 0 Å². The maximum absolute atomic E-state index is 8.86. The third kappa shape index (κ3) is 4.22. The molecule has 0 unspecified atom stereocenters. The highest BCUT2D eigenvalue weighted by Gasteiger charge is 2.02. The van der Waals surface area contributed by atoms with Gasteiger partial charge in [-0.1, -0.05) is 35.5 Å². The molecule has 2 aromatic rings. The number of hydrogen-bond acceptors (Lipinski definition) is 4. The molecule has 5 nitrogen and oxygen atoms in total. The Labute approximate surface area is 123 Å². The van der Waals surface area contributed by atoms with Crippen molar-refractivity contribution in [1.29, 1.82) is 0 Å². The summed E-state index contributed by atoms with van der Waals surface area (Å²) < 4.78 is 5.69. The molecule has 0 spiro atoms. The number of hydrogen-bond donors (Lipinski definition) is 3. The van der Waals surface area contributed by atoms with Gasteiger partial charge in [-0.2, -0.15) is 0 Å². The van der Waals surface area contributed by atoms with Gasteiger partial charge in [0.15, 0.2) is 5.84 Å². The Hall–Kier alpha value is -2.53. The molecule has 2 aromatic carbocycles. The zero-order valence-corrected chi connectivity index (χ0v) is 11.6. The Bertz CT molecular complexity index is 609. The van der Waals surface area contributed by atoms with Crippen LogP contribution in [-0.2, 0) is 13.0 Å². The van der Waals surface area contributed by atoms with Crippen LogP contribution in [-0.4, -0.2) is 22.8 Å². The lowest BCUT2D eigenvalue weighted by atomic mass is 10.1. The van der Waals surface area contributed by atoms with Crippen LogP contribution in [0.25, 0.3) is 0 Å². The Morgan fingerprint density at radius 1 is 1.10 bits per heavy atom. The number of amidine groups is 1. The van der Waals surface area contributed by atoms with Crippen molar-refractivity contribution >= 4 is 5.84 Å². The smallest absolute Gasteiger partial charge is 0.170 e. The molecular formula is C16H18N2O3. The molecule has 0 heterocycles. The number of benzene rings is 2. The molecular weight excluding hydrogens is 268 g/mol. The number of aliphatic hydroxyl groups excluding tert-OH is 1. The minimum atomic E-state index is 0.0743. The summed E-state index contributed by atoms with van der Waals surface area (Å²) in [6.07, 6.45) is 0.641. The second kappa shape index (κ2) is 7.31. The van der Waals surface area contributed by atoms with Crippen molar-refractivity contribution in [3.8, 4) is 5.75 Å².